The van der Waals surface area contributed by atoms with Crippen LogP contribution in [0.15, 0.2) is 40.0 Å². The highest BCUT2D eigenvalue weighted by Gasteiger charge is 2.09. The van der Waals surface area contributed by atoms with E-state index in [4.69, 9.17) is 0 Å². The molecule has 1 heterocycles. The second kappa shape index (κ2) is 10.6. The van der Waals surface area contributed by atoms with Gasteiger partial charge in [-0.15, -0.1) is 24.0 Å². The van der Waals surface area contributed by atoms with Crippen molar-refractivity contribution in [3.05, 3.63) is 57.8 Å². The number of guanidine groups is 1. The summed E-state index contributed by atoms with van der Waals surface area (Å²) in [4.78, 5) is 4.13. The third-order valence-corrected chi connectivity index (χ3v) is 4.34. The Morgan fingerprint density at radius 2 is 1.92 bits per heavy atom. The van der Waals surface area contributed by atoms with E-state index < -0.39 is 11.6 Å². The Morgan fingerprint density at radius 1 is 1.21 bits per heavy atom. The van der Waals surface area contributed by atoms with Gasteiger partial charge in [0.25, 0.3) is 0 Å². The molecule has 24 heavy (non-hydrogen) atoms. The molecule has 0 aliphatic rings. The second-order valence-corrected chi connectivity index (χ2v) is 6.07. The topological polar surface area (TPSA) is 36.4 Å². The predicted molar refractivity (Wildman–Crippen MR) is 108 cm³/mol. The van der Waals surface area contributed by atoms with Gasteiger partial charge in [-0.05, 0) is 46.9 Å². The van der Waals surface area contributed by atoms with E-state index in [1.807, 2.05) is 0 Å². The van der Waals surface area contributed by atoms with Crippen molar-refractivity contribution in [2.45, 2.75) is 19.3 Å². The molecule has 1 aromatic carbocycles. The van der Waals surface area contributed by atoms with Crippen LogP contribution in [0.5, 0.6) is 0 Å². The standard InChI is InChI=1S/C17H21F2N3S.HI/c1-12(13-7-9-23-11-13)10-22-17(20-2)21-8-6-14-15(18)4-3-5-16(14)19;/h3-5,7,9,11-12H,6,8,10H2,1-2H3,(H2,20,21,22);1H. The van der Waals surface area contributed by atoms with Crippen LogP contribution in [0.3, 0.4) is 0 Å². The summed E-state index contributed by atoms with van der Waals surface area (Å²) in [5.41, 5.74) is 1.38. The van der Waals surface area contributed by atoms with Gasteiger partial charge >= 0.3 is 0 Å². The minimum Gasteiger partial charge on any atom is -0.356 e. The quantitative estimate of drug-likeness (QED) is 0.382. The van der Waals surface area contributed by atoms with Crippen LogP contribution in [-0.4, -0.2) is 26.1 Å². The third kappa shape index (κ3) is 6.01. The summed E-state index contributed by atoms with van der Waals surface area (Å²) >= 11 is 1.68. The fourth-order valence-electron chi connectivity index (χ4n) is 2.22. The lowest BCUT2D eigenvalue weighted by molar-refractivity contribution is 0.552. The number of hydrogen-bond acceptors (Lipinski definition) is 2. The molecule has 0 amide bonds. The molecule has 1 aromatic heterocycles. The van der Waals surface area contributed by atoms with Crippen molar-refractivity contribution in [2.24, 2.45) is 4.99 Å². The van der Waals surface area contributed by atoms with E-state index in [0.717, 1.165) is 6.54 Å². The average molecular weight is 465 g/mol. The van der Waals surface area contributed by atoms with Crippen LogP contribution in [-0.2, 0) is 6.42 Å². The van der Waals surface area contributed by atoms with E-state index in [2.05, 4.69) is 39.4 Å². The van der Waals surface area contributed by atoms with Crippen molar-refractivity contribution >= 4 is 41.3 Å². The van der Waals surface area contributed by atoms with Gasteiger partial charge in [-0.3, -0.25) is 4.99 Å². The van der Waals surface area contributed by atoms with Crippen molar-refractivity contribution in [2.75, 3.05) is 20.1 Å². The molecule has 0 aliphatic heterocycles. The molecule has 1 atom stereocenters. The number of rotatable bonds is 6. The first-order valence-electron chi connectivity index (χ1n) is 7.51. The molecule has 0 aliphatic carbocycles. The van der Waals surface area contributed by atoms with Crippen LogP contribution < -0.4 is 10.6 Å². The SMILES string of the molecule is CN=C(NCCc1c(F)cccc1F)NCC(C)c1ccsc1.I. The van der Waals surface area contributed by atoms with Crippen LogP contribution in [0.1, 0.15) is 24.0 Å². The Hall–Kier alpha value is -1.22. The molecule has 2 N–H and O–H groups in total. The molecule has 2 rings (SSSR count). The number of aliphatic imine (C=N–C) groups is 1. The van der Waals surface area contributed by atoms with Crippen LogP contribution >= 0.6 is 35.3 Å². The summed E-state index contributed by atoms with van der Waals surface area (Å²) in [7, 11) is 1.67. The van der Waals surface area contributed by atoms with E-state index in [9.17, 15) is 8.78 Å². The maximum Gasteiger partial charge on any atom is 0.191 e. The fraction of sp³-hybridized carbons (Fsp3) is 0.353. The number of nitrogens with one attached hydrogen (secondary N) is 2. The molecule has 1 unspecified atom stereocenters. The minimum atomic E-state index is -0.513. The maximum absolute atomic E-state index is 13.6. The van der Waals surface area contributed by atoms with Crippen LogP contribution in [0.25, 0.3) is 0 Å². The molecule has 7 heteroatoms. The first kappa shape index (κ1) is 20.8. The molecule has 3 nitrogen and oxygen atoms in total. The van der Waals surface area contributed by atoms with E-state index >= 15 is 0 Å². The van der Waals surface area contributed by atoms with Crippen molar-refractivity contribution in [1.29, 1.82) is 0 Å². The van der Waals surface area contributed by atoms with E-state index in [1.165, 1.54) is 23.8 Å². The summed E-state index contributed by atoms with van der Waals surface area (Å²) in [6, 6.07) is 6.02. The second-order valence-electron chi connectivity index (χ2n) is 5.29. The Labute approximate surface area is 162 Å². The number of halogens is 3. The van der Waals surface area contributed by atoms with Gasteiger partial charge < -0.3 is 10.6 Å². The Balaban J connectivity index is 0.00000288. The van der Waals surface area contributed by atoms with Crippen molar-refractivity contribution in [1.82, 2.24) is 10.6 Å². The third-order valence-electron chi connectivity index (χ3n) is 3.64. The van der Waals surface area contributed by atoms with Crippen LogP contribution in [0.4, 0.5) is 8.78 Å². The van der Waals surface area contributed by atoms with Gasteiger partial charge in [0.15, 0.2) is 5.96 Å². The smallest absolute Gasteiger partial charge is 0.191 e. The summed E-state index contributed by atoms with van der Waals surface area (Å²) in [5, 5.41) is 10.5. The molecular weight excluding hydrogens is 443 g/mol. The van der Waals surface area contributed by atoms with Crippen LogP contribution in [0.2, 0.25) is 0 Å². The minimum absolute atomic E-state index is 0. The van der Waals surface area contributed by atoms with E-state index in [-0.39, 0.29) is 36.0 Å². The van der Waals surface area contributed by atoms with E-state index in [1.54, 1.807) is 18.4 Å². The lowest BCUT2D eigenvalue weighted by Crippen LogP contribution is -2.40. The van der Waals surface area contributed by atoms with Crippen molar-refractivity contribution in [3.8, 4) is 0 Å². The highest BCUT2D eigenvalue weighted by molar-refractivity contribution is 14.0. The molecule has 2 aromatic rings. The summed E-state index contributed by atoms with van der Waals surface area (Å²) < 4.78 is 27.1. The lowest BCUT2D eigenvalue weighted by atomic mass is 10.1. The van der Waals surface area contributed by atoms with Gasteiger partial charge in [-0.1, -0.05) is 13.0 Å². The first-order chi connectivity index (χ1) is 11.1. The number of nitrogens with zero attached hydrogens (tertiary/aromatic N) is 1. The Kier molecular flexibility index (Phi) is 9.20. The van der Waals surface area contributed by atoms with Gasteiger partial charge in [0.05, 0.1) is 0 Å². The molecule has 0 spiro atoms. The largest absolute Gasteiger partial charge is 0.356 e. The zero-order valence-corrected chi connectivity index (χ0v) is 16.8. The zero-order chi connectivity index (χ0) is 16.7. The van der Waals surface area contributed by atoms with Crippen molar-refractivity contribution < 1.29 is 8.78 Å². The summed E-state index contributed by atoms with van der Waals surface area (Å²) in [6.07, 6.45) is 0.263. The van der Waals surface area contributed by atoms with Gasteiger partial charge in [0.2, 0.25) is 0 Å². The predicted octanol–water partition coefficient (Wildman–Crippen LogP) is 4.16. The molecule has 0 saturated carbocycles. The summed E-state index contributed by atoms with van der Waals surface area (Å²) in [5.74, 6) is -0.0331. The summed E-state index contributed by atoms with van der Waals surface area (Å²) in [6.45, 7) is 3.28. The van der Waals surface area contributed by atoms with Gasteiger partial charge in [0, 0.05) is 25.7 Å². The van der Waals surface area contributed by atoms with Gasteiger partial charge in [0.1, 0.15) is 11.6 Å². The molecule has 132 valence electrons. The highest BCUT2D eigenvalue weighted by Crippen LogP contribution is 2.17. The van der Waals surface area contributed by atoms with Gasteiger partial charge in [-0.2, -0.15) is 11.3 Å². The van der Waals surface area contributed by atoms with E-state index in [0.29, 0.717) is 18.4 Å². The number of hydrogen-bond donors (Lipinski definition) is 2. The fourth-order valence-corrected chi connectivity index (χ4v) is 3.00. The average Bonchev–Trinajstić information content (AvgIpc) is 3.07. The monoisotopic (exact) mass is 465 g/mol. The van der Waals surface area contributed by atoms with Gasteiger partial charge in [-0.25, -0.2) is 8.78 Å². The molecular formula is C17H22F2IN3S. The molecule has 0 saturated heterocycles. The number of benzene rings is 1. The van der Waals surface area contributed by atoms with Crippen LogP contribution in [0, 0.1) is 11.6 Å². The normalized spacial score (nSPS) is 12.4. The number of thiophene rings is 1. The highest BCUT2D eigenvalue weighted by atomic mass is 127. The lowest BCUT2D eigenvalue weighted by Gasteiger charge is -2.15. The first-order valence-corrected chi connectivity index (χ1v) is 8.45. The maximum atomic E-state index is 13.6. The molecule has 0 bridgehead atoms. The van der Waals surface area contributed by atoms with Crippen molar-refractivity contribution in [3.63, 3.8) is 0 Å². The molecule has 0 fully saturated rings. The molecule has 0 radical (unpaired) electrons. The Bertz CT molecular complexity index is 627. The Morgan fingerprint density at radius 3 is 2.50 bits per heavy atom. The zero-order valence-electron chi connectivity index (χ0n) is 13.7.